The van der Waals surface area contributed by atoms with Crippen LogP contribution in [0, 0.1) is 5.92 Å². The molecule has 0 bridgehead atoms. The summed E-state index contributed by atoms with van der Waals surface area (Å²) in [5.41, 5.74) is 2.67. The molecule has 0 N–H and O–H groups in total. The highest BCUT2D eigenvalue weighted by Crippen LogP contribution is 2.41. The van der Waals surface area contributed by atoms with Gasteiger partial charge in [0.25, 0.3) is 0 Å². The molecule has 0 aliphatic heterocycles. The molecule has 2 unspecified atom stereocenters. The van der Waals surface area contributed by atoms with Crippen molar-refractivity contribution < 1.29 is 9.59 Å². The van der Waals surface area contributed by atoms with Crippen molar-refractivity contribution in [2.45, 2.75) is 51.5 Å². The second-order valence-electron chi connectivity index (χ2n) is 8.68. The zero-order valence-electron chi connectivity index (χ0n) is 18.4. The van der Waals surface area contributed by atoms with Crippen molar-refractivity contribution in [3.8, 4) is 10.7 Å². The second kappa shape index (κ2) is 9.65. The van der Waals surface area contributed by atoms with Gasteiger partial charge in [0.05, 0.1) is 24.6 Å². The number of carbonyl (C=O) groups excluding carboxylic acids is 2. The first kappa shape index (κ1) is 22.7. The van der Waals surface area contributed by atoms with Crippen LogP contribution in [0.2, 0.25) is 0 Å². The summed E-state index contributed by atoms with van der Waals surface area (Å²) in [6.07, 6.45) is 5.33. The van der Waals surface area contributed by atoms with Gasteiger partial charge in [-0.2, -0.15) is 0 Å². The third-order valence-corrected chi connectivity index (χ3v) is 9.05. The number of rotatable bonds is 7. The van der Waals surface area contributed by atoms with E-state index in [1.165, 1.54) is 11.3 Å². The van der Waals surface area contributed by atoms with Gasteiger partial charge in [-0.1, -0.05) is 19.4 Å². The van der Waals surface area contributed by atoms with E-state index in [0.717, 1.165) is 61.6 Å². The Morgan fingerprint density at radius 3 is 2.76 bits per heavy atom. The van der Waals surface area contributed by atoms with E-state index in [-0.39, 0.29) is 11.6 Å². The average Bonchev–Trinajstić information content (AvgIpc) is 3.57. The normalized spacial score (nSPS) is 18.6. The molecule has 3 heterocycles. The van der Waals surface area contributed by atoms with Crippen LogP contribution in [0.3, 0.4) is 0 Å². The van der Waals surface area contributed by atoms with Crippen molar-refractivity contribution in [3.05, 3.63) is 62.1 Å². The first-order valence-corrected chi connectivity index (χ1v) is 13.9. The fourth-order valence-corrected chi connectivity index (χ4v) is 6.98. The summed E-state index contributed by atoms with van der Waals surface area (Å²) in [6.45, 7) is 1.89. The Morgan fingerprint density at radius 1 is 1.15 bits per heavy atom. The number of benzene rings is 1. The molecule has 1 aliphatic rings. The maximum absolute atomic E-state index is 12.9. The molecule has 33 heavy (non-hydrogen) atoms. The number of imidazole rings is 1. The highest BCUT2D eigenvalue weighted by molar-refractivity contribution is 9.11. The van der Waals surface area contributed by atoms with Crippen LogP contribution in [0.5, 0.6) is 0 Å². The molecule has 3 aromatic heterocycles. The van der Waals surface area contributed by atoms with Crippen LogP contribution < -0.4 is 0 Å². The lowest BCUT2D eigenvalue weighted by Crippen LogP contribution is -2.21. The van der Waals surface area contributed by atoms with Crippen LogP contribution in [0.1, 0.15) is 71.5 Å². The van der Waals surface area contributed by atoms with E-state index < -0.39 is 0 Å². The standard InChI is InChI=1S/C26H25BrN2O2S2/c1-2-21(30)17-8-9-20-19(15-17)28-26(24-7-4-12-32-24)29(20)18-6-3-5-16(13-18)14-22(31)23-10-11-25(27)33-23/h4,7-12,15-16,18H,2-3,5-6,13-14H2,1H3. The molecule has 4 aromatic rings. The number of hydrogen-bond donors (Lipinski definition) is 0. The first-order chi connectivity index (χ1) is 16.0. The molecule has 0 radical (unpaired) electrons. The molecule has 2 atom stereocenters. The van der Waals surface area contributed by atoms with Gasteiger partial charge in [-0.3, -0.25) is 9.59 Å². The van der Waals surface area contributed by atoms with Gasteiger partial charge < -0.3 is 4.57 Å². The van der Waals surface area contributed by atoms with Gasteiger partial charge in [0, 0.05) is 24.4 Å². The van der Waals surface area contributed by atoms with E-state index in [4.69, 9.17) is 4.98 Å². The van der Waals surface area contributed by atoms with E-state index in [9.17, 15) is 9.59 Å². The molecule has 1 aromatic carbocycles. The third-order valence-electron chi connectivity index (χ3n) is 6.52. The number of carbonyl (C=O) groups is 2. The van der Waals surface area contributed by atoms with Crippen molar-refractivity contribution in [3.63, 3.8) is 0 Å². The summed E-state index contributed by atoms with van der Waals surface area (Å²) in [5, 5.41) is 2.08. The van der Waals surface area contributed by atoms with Gasteiger partial charge >= 0.3 is 0 Å². The largest absolute Gasteiger partial charge is 0.320 e. The predicted octanol–water partition coefficient (Wildman–Crippen LogP) is 8.19. The zero-order chi connectivity index (χ0) is 22.9. The number of Topliss-reactive ketones (excluding diaryl/α,β-unsaturated/α-hetero) is 2. The fraction of sp³-hybridized carbons (Fsp3) is 0.346. The molecule has 4 nitrogen and oxygen atoms in total. The van der Waals surface area contributed by atoms with Gasteiger partial charge in [0.1, 0.15) is 0 Å². The summed E-state index contributed by atoms with van der Waals surface area (Å²) in [7, 11) is 0. The number of fused-ring (bicyclic) bond motifs is 1. The number of halogens is 1. The van der Waals surface area contributed by atoms with Gasteiger partial charge in [0.15, 0.2) is 17.4 Å². The minimum absolute atomic E-state index is 0.139. The van der Waals surface area contributed by atoms with Crippen LogP contribution >= 0.6 is 38.6 Å². The lowest BCUT2D eigenvalue weighted by molar-refractivity contribution is 0.0944. The van der Waals surface area contributed by atoms with Crippen molar-refractivity contribution in [2.24, 2.45) is 5.92 Å². The third kappa shape index (κ3) is 4.63. The Kier molecular flexibility index (Phi) is 6.63. The number of thiophene rings is 2. The predicted molar refractivity (Wildman–Crippen MR) is 140 cm³/mol. The van der Waals surface area contributed by atoms with Crippen molar-refractivity contribution in [1.29, 1.82) is 0 Å². The van der Waals surface area contributed by atoms with Gasteiger partial charge in [-0.15, -0.1) is 22.7 Å². The SMILES string of the molecule is CCC(=O)c1ccc2c(c1)nc(-c1cccs1)n2C1CCCC(CC(=O)c2ccc(Br)s2)C1. The molecule has 5 rings (SSSR count). The molecule has 170 valence electrons. The van der Waals surface area contributed by atoms with Crippen LogP contribution in [0.25, 0.3) is 21.7 Å². The Bertz CT molecular complexity index is 1310. The second-order valence-corrected chi connectivity index (χ2v) is 12.1. The minimum Gasteiger partial charge on any atom is -0.320 e. The zero-order valence-corrected chi connectivity index (χ0v) is 21.6. The maximum Gasteiger partial charge on any atom is 0.173 e. The Labute approximate surface area is 209 Å². The molecule has 0 amide bonds. The summed E-state index contributed by atoms with van der Waals surface area (Å²) in [4.78, 5) is 32.1. The molecular weight excluding hydrogens is 516 g/mol. The molecule has 1 aliphatic carbocycles. The van der Waals surface area contributed by atoms with Crippen molar-refractivity contribution in [1.82, 2.24) is 9.55 Å². The topological polar surface area (TPSA) is 52.0 Å². The molecule has 0 saturated heterocycles. The maximum atomic E-state index is 12.9. The smallest absolute Gasteiger partial charge is 0.173 e. The van der Waals surface area contributed by atoms with E-state index >= 15 is 0 Å². The number of aromatic nitrogens is 2. The Hall–Kier alpha value is -2.09. The summed E-state index contributed by atoms with van der Waals surface area (Å²) in [5.74, 6) is 1.72. The quantitative estimate of drug-likeness (QED) is 0.222. The van der Waals surface area contributed by atoms with E-state index in [1.807, 2.05) is 31.2 Å². The number of nitrogens with zero attached hydrogens (tertiary/aromatic N) is 2. The molecule has 0 spiro atoms. The van der Waals surface area contributed by atoms with E-state index in [1.54, 1.807) is 11.3 Å². The fourth-order valence-electron chi connectivity index (χ4n) is 4.94. The Balaban J connectivity index is 1.47. The summed E-state index contributed by atoms with van der Waals surface area (Å²) < 4.78 is 3.37. The molecule has 1 saturated carbocycles. The van der Waals surface area contributed by atoms with Gasteiger partial charge in [-0.25, -0.2) is 4.98 Å². The van der Waals surface area contributed by atoms with Crippen molar-refractivity contribution in [2.75, 3.05) is 0 Å². The summed E-state index contributed by atoms with van der Waals surface area (Å²) >= 11 is 6.67. The van der Waals surface area contributed by atoms with E-state index in [0.29, 0.717) is 24.8 Å². The first-order valence-electron chi connectivity index (χ1n) is 11.4. The van der Waals surface area contributed by atoms with Crippen LogP contribution in [-0.4, -0.2) is 21.1 Å². The molecule has 1 fully saturated rings. The number of ketones is 2. The van der Waals surface area contributed by atoms with Gasteiger partial charge in [0.2, 0.25) is 0 Å². The number of hydrogen-bond acceptors (Lipinski definition) is 5. The highest BCUT2D eigenvalue weighted by Gasteiger charge is 2.29. The van der Waals surface area contributed by atoms with Gasteiger partial charge in [-0.05, 0) is 82.9 Å². The lowest BCUT2D eigenvalue weighted by Gasteiger charge is -2.31. The van der Waals surface area contributed by atoms with Crippen LogP contribution in [-0.2, 0) is 0 Å². The monoisotopic (exact) mass is 540 g/mol. The van der Waals surface area contributed by atoms with E-state index in [2.05, 4.69) is 44.1 Å². The van der Waals surface area contributed by atoms with Crippen molar-refractivity contribution >= 4 is 61.2 Å². The van der Waals surface area contributed by atoms with Crippen LogP contribution in [0.4, 0.5) is 0 Å². The molecule has 7 heteroatoms. The molecular formula is C26H25BrN2O2S2. The lowest BCUT2D eigenvalue weighted by atomic mass is 9.82. The Morgan fingerprint density at radius 2 is 2.03 bits per heavy atom. The average molecular weight is 542 g/mol. The van der Waals surface area contributed by atoms with Crippen LogP contribution in [0.15, 0.2) is 51.6 Å². The minimum atomic E-state index is 0.139. The summed E-state index contributed by atoms with van der Waals surface area (Å²) in [6, 6.07) is 14.3. The highest BCUT2D eigenvalue weighted by atomic mass is 79.9.